The van der Waals surface area contributed by atoms with Crippen molar-refractivity contribution in [3.8, 4) is 5.75 Å². The highest BCUT2D eigenvalue weighted by atomic mass is 35.5. The zero-order chi connectivity index (χ0) is 20.8. The lowest BCUT2D eigenvalue weighted by atomic mass is 10.00. The molecule has 0 radical (unpaired) electrons. The van der Waals surface area contributed by atoms with Crippen molar-refractivity contribution in [2.75, 3.05) is 25.0 Å². The Morgan fingerprint density at radius 3 is 2.62 bits per heavy atom. The molecule has 1 unspecified atom stereocenters. The van der Waals surface area contributed by atoms with Crippen LogP contribution in [0.3, 0.4) is 0 Å². The first kappa shape index (κ1) is 21.5. The Hall–Kier alpha value is -2.24. The lowest BCUT2D eigenvalue weighted by molar-refractivity contribution is -0.132. The maximum atomic E-state index is 12.6. The fourth-order valence-electron chi connectivity index (χ4n) is 3.24. The number of amides is 2. The van der Waals surface area contributed by atoms with Crippen molar-refractivity contribution >= 4 is 40.7 Å². The van der Waals surface area contributed by atoms with Gasteiger partial charge >= 0.3 is 0 Å². The summed E-state index contributed by atoms with van der Waals surface area (Å²) in [6, 6.07) is 12.3. The lowest BCUT2D eigenvalue weighted by Crippen LogP contribution is -2.32. The summed E-state index contributed by atoms with van der Waals surface area (Å²) in [5.41, 5.74) is 1.49. The minimum absolute atomic E-state index is 0.00285. The van der Waals surface area contributed by atoms with E-state index in [2.05, 4.69) is 5.32 Å². The molecule has 0 aromatic heterocycles. The van der Waals surface area contributed by atoms with Crippen LogP contribution in [0, 0.1) is 5.92 Å². The Labute approximate surface area is 180 Å². The fourth-order valence-corrected chi connectivity index (χ4v) is 3.73. The number of ether oxygens (including phenoxy) is 1. The molecule has 1 N–H and O–H groups in total. The summed E-state index contributed by atoms with van der Waals surface area (Å²) < 4.78 is 5.61. The fraction of sp³-hybridized carbons (Fsp3) is 0.364. The van der Waals surface area contributed by atoms with E-state index in [0.717, 1.165) is 31.5 Å². The molecule has 0 spiro atoms. The maximum absolute atomic E-state index is 12.6. The molecule has 2 aromatic carbocycles. The molecule has 154 valence electrons. The predicted octanol–water partition coefficient (Wildman–Crippen LogP) is 4.81. The van der Waals surface area contributed by atoms with E-state index < -0.39 is 0 Å². The second-order valence-corrected chi connectivity index (χ2v) is 8.08. The summed E-state index contributed by atoms with van der Waals surface area (Å²) in [5.74, 6) is 0.130. The van der Waals surface area contributed by atoms with Crippen molar-refractivity contribution in [1.82, 2.24) is 4.90 Å². The van der Waals surface area contributed by atoms with Gasteiger partial charge in [0.25, 0.3) is 5.91 Å². The molecule has 2 amide bonds. The highest BCUT2D eigenvalue weighted by molar-refractivity contribution is 6.35. The van der Waals surface area contributed by atoms with Crippen LogP contribution in [0.15, 0.2) is 42.5 Å². The van der Waals surface area contributed by atoms with Gasteiger partial charge in [-0.15, -0.1) is 0 Å². The van der Waals surface area contributed by atoms with Gasteiger partial charge in [0.05, 0.1) is 0 Å². The van der Waals surface area contributed by atoms with Gasteiger partial charge in [-0.25, -0.2) is 0 Å². The van der Waals surface area contributed by atoms with Crippen LogP contribution in [-0.4, -0.2) is 36.4 Å². The summed E-state index contributed by atoms with van der Waals surface area (Å²) in [7, 11) is 0. The predicted molar refractivity (Wildman–Crippen MR) is 116 cm³/mol. The van der Waals surface area contributed by atoms with Crippen LogP contribution in [0.2, 0.25) is 10.0 Å². The average molecular weight is 435 g/mol. The number of nitrogens with zero attached hydrogens (tertiary/aromatic N) is 1. The first-order valence-corrected chi connectivity index (χ1v) is 10.4. The Kier molecular flexibility index (Phi) is 7.40. The van der Waals surface area contributed by atoms with Gasteiger partial charge in [-0.1, -0.05) is 42.3 Å². The minimum Gasteiger partial charge on any atom is -0.484 e. The van der Waals surface area contributed by atoms with Crippen molar-refractivity contribution in [3.63, 3.8) is 0 Å². The summed E-state index contributed by atoms with van der Waals surface area (Å²) in [6.45, 7) is 3.44. The number of carbonyl (C=O) groups is 2. The van der Waals surface area contributed by atoms with Crippen molar-refractivity contribution < 1.29 is 14.3 Å². The van der Waals surface area contributed by atoms with E-state index in [-0.39, 0.29) is 24.3 Å². The molecule has 0 aliphatic carbocycles. The summed E-state index contributed by atoms with van der Waals surface area (Å²) >= 11 is 12.1. The zero-order valence-electron chi connectivity index (χ0n) is 16.3. The number of halogens is 2. The molecule has 7 heteroatoms. The van der Waals surface area contributed by atoms with Crippen LogP contribution in [-0.2, 0) is 16.0 Å². The Balaban J connectivity index is 1.54. The SMILES string of the molecule is CC(Cc1ccc(Cl)cc1Cl)C(=O)Nc1cccc(OCC(=O)N2CCCC2)c1. The third kappa shape index (κ3) is 6.12. The minimum atomic E-state index is -0.282. The average Bonchev–Trinajstić information content (AvgIpc) is 3.23. The lowest BCUT2D eigenvalue weighted by Gasteiger charge is -2.16. The second kappa shape index (κ2) is 9.99. The van der Waals surface area contributed by atoms with Crippen LogP contribution in [0.25, 0.3) is 0 Å². The van der Waals surface area contributed by atoms with Crippen molar-refractivity contribution in [2.45, 2.75) is 26.2 Å². The number of hydrogen-bond acceptors (Lipinski definition) is 3. The number of rotatable bonds is 7. The number of hydrogen-bond donors (Lipinski definition) is 1. The number of benzene rings is 2. The Morgan fingerprint density at radius 1 is 1.14 bits per heavy atom. The molecular formula is C22H24Cl2N2O3. The highest BCUT2D eigenvalue weighted by Gasteiger charge is 2.19. The Morgan fingerprint density at radius 2 is 1.90 bits per heavy atom. The van der Waals surface area contributed by atoms with Crippen LogP contribution < -0.4 is 10.1 Å². The summed E-state index contributed by atoms with van der Waals surface area (Å²) in [6.07, 6.45) is 2.60. The zero-order valence-corrected chi connectivity index (χ0v) is 17.8. The van der Waals surface area contributed by atoms with Gasteiger partial charge < -0.3 is 15.0 Å². The molecule has 1 aliphatic rings. The monoisotopic (exact) mass is 434 g/mol. The van der Waals surface area contributed by atoms with Gasteiger partial charge in [0.15, 0.2) is 6.61 Å². The highest BCUT2D eigenvalue weighted by Crippen LogP contribution is 2.24. The number of anilines is 1. The third-order valence-corrected chi connectivity index (χ3v) is 5.50. The van der Waals surface area contributed by atoms with E-state index in [4.69, 9.17) is 27.9 Å². The molecule has 0 bridgehead atoms. The molecular weight excluding hydrogens is 411 g/mol. The number of likely N-dealkylation sites (tertiary alicyclic amines) is 1. The molecule has 3 rings (SSSR count). The molecule has 1 saturated heterocycles. The molecule has 1 atom stereocenters. The van der Waals surface area contributed by atoms with E-state index >= 15 is 0 Å². The van der Waals surface area contributed by atoms with Crippen molar-refractivity contribution in [2.24, 2.45) is 5.92 Å². The van der Waals surface area contributed by atoms with Gasteiger partial charge in [-0.05, 0) is 49.1 Å². The number of carbonyl (C=O) groups excluding carboxylic acids is 2. The summed E-state index contributed by atoms with van der Waals surface area (Å²) in [4.78, 5) is 26.5. The third-order valence-electron chi connectivity index (χ3n) is 4.91. The van der Waals surface area contributed by atoms with Crippen LogP contribution in [0.1, 0.15) is 25.3 Å². The quantitative estimate of drug-likeness (QED) is 0.679. The van der Waals surface area contributed by atoms with Crippen LogP contribution >= 0.6 is 23.2 Å². The van der Waals surface area contributed by atoms with Crippen molar-refractivity contribution in [1.29, 1.82) is 0 Å². The number of nitrogens with one attached hydrogen (secondary N) is 1. The van der Waals surface area contributed by atoms with E-state index in [1.54, 1.807) is 36.4 Å². The molecule has 2 aromatic rings. The van der Waals surface area contributed by atoms with Crippen LogP contribution in [0.4, 0.5) is 5.69 Å². The second-order valence-electron chi connectivity index (χ2n) is 7.23. The molecule has 1 aliphatic heterocycles. The van der Waals surface area contributed by atoms with Gasteiger partial charge in [-0.3, -0.25) is 9.59 Å². The van der Waals surface area contributed by atoms with Crippen LogP contribution in [0.5, 0.6) is 5.75 Å². The van der Waals surface area contributed by atoms with Gasteiger partial charge in [-0.2, -0.15) is 0 Å². The Bertz CT molecular complexity index is 882. The maximum Gasteiger partial charge on any atom is 0.260 e. The van der Waals surface area contributed by atoms with Gasteiger partial charge in [0, 0.05) is 40.8 Å². The molecule has 1 fully saturated rings. The van der Waals surface area contributed by atoms with E-state index in [1.165, 1.54) is 0 Å². The van der Waals surface area contributed by atoms with Gasteiger partial charge in [0.2, 0.25) is 5.91 Å². The molecule has 29 heavy (non-hydrogen) atoms. The smallest absolute Gasteiger partial charge is 0.260 e. The normalized spacial score (nSPS) is 14.5. The summed E-state index contributed by atoms with van der Waals surface area (Å²) in [5, 5.41) is 4.01. The van der Waals surface area contributed by atoms with Crippen molar-refractivity contribution in [3.05, 3.63) is 58.1 Å². The largest absolute Gasteiger partial charge is 0.484 e. The standard InChI is InChI=1S/C22H24Cl2N2O3/c1-15(11-16-7-8-17(23)12-20(16)24)22(28)25-18-5-4-6-19(13-18)29-14-21(27)26-9-2-3-10-26/h4-8,12-13,15H,2-3,9-11,14H2,1H3,(H,25,28). The van der Waals surface area contributed by atoms with E-state index in [0.29, 0.717) is 27.9 Å². The molecule has 5 nitrogen and oxygen atoms in total. The van der Waals surface area contributed by atoms with E-state index in [9.17, 15) is 9.59 Å². The van der Waals surface area contributed by atoms with Gasteiger partial charge in [0.1, 0.15) is 5.75 Å². The topological polar surface area (TPSA) is 58.6 Å². The first-order chi connectivity index (χ1) is 13.9. The molecule has 1 heterocycles. The first-order valence-electron chi connectivity index (χ1n) is 9.68. The molecule has 0 saturated carbocycles. The van der Waals surface area contributed by atoms with E-state index in [1.807, 2.05) is 17.9 Å².